The minimum Gasteiger partial charge on any atom is -0.497 e. The third-order valence-electron chi connectivity index (χ3n) is 3.94. The molecule has 1 atom stereocenters. The molecule has 0 heterocycles. The lowest BCUT2D eigenvalue weighted by atomic mass is 9.95. The number of carboxylic acids is 1. The van der Waals surface area contributed by atoms with Crippen molar-refractivity contribution in [3.8, 4) is 5.75 Å². The second-order valence-corrected chi connectivity index (χ2v) is 6.11. The van der Waals surface area contributed by atoms with Crippen LogP contribution in [0.15, 0.2) is 36.4 Å². The van der Waals surface area contributed by atoms with Crippen molar-refractivity contribution in [2.45, 2.75) is 32.2 Å². The van der Waals surface area contributed by atoms with Crippen molar-refractivity contribution in [1.29, 1.82) is 0 Å². The number of hydrogen-bond acceptors (Lipinski definition) is 3. The summed E-state index contributed by atoms with van der Waals surface area (Å²) in [6.07, 6.45) is 0. The van der Waals surface area contributed by atoms with E-state index in [1.807, 2.05) is 36.4 Å². The Morgan fingerprint density at radius 2 is 1.74 bits per heavy atom. The minimum atomic E-state index is -1.30. The van der Waals surface area contributed by atoms with E-state index in [1.165, 1.54) is 13.8 Å². The van der Waals surface area contributed by atoms with Gasteiger partial charge in [-0.05, 0) is 49.2 Å². The number of nitrogens with one attached hydrogen (secondary N) is 1. The average molecular weight is 315 g/mol. The Labute approximate surface area is 135 Å². The topological polar surface area (TPSA) is 75.6 Å². The number of hydrogen-bond donors (Lipinski definition) is 2. The highest BCUT2D eigenvalue weighted by Gasteiger charge is 2.31. The van der Waals surface area contributed by atoms with Gasteiger partial charge in [0.1, 0.15) is 11.3 Å². The fourth-order valence-electron chi connectivity index (χ4n) is 2.26. The number of benzene rings is 2. The van der Waals surface area contributed by atoms with E-state index in [0.29, 0.717) is 0 Å². The molecule has 0 aliphatic rings. The van der Waals surface area contributed by atoms with Crippen LogP contribution in [-0.4, -0.2) is 29.6 Å². The SMILES string of the molecule is COc1ccc2cc([C@H](C)C(=O)NC(C)(C)C(=O)O)ccc2c1. The molecule has 2 rings (SSSR count). The molecule has 0 unspecified atom stereocenters. The molecule has 0 aromatic heterocycles. The fraction of sp³-hybridized carbons (Fsp3) is 0.333. The molecular weight excluding hydrogens is 294 g/mol. The Balaban J connectivity index is 2.25. The summed E-state index contributed by atoms with van der Waals surface area (Å²) in [7, 11) is 1.62. The van der Waals surface area contributed by atoms with Gasteiger partial charge in [0.25, 0.3) is 0 Å². The Kier molecular flexibility index (Phi) is 4.59. The molecule has 2 aromatic rings. The van der Waals surface area contributed by atoms with Crippen molar-refractivity contribution >= 4 is 22.6 Å². The van der Waals surface area contributed by atoms with Gasteiger partial charge in [0.2, 0.25) is 5.91 Å². The fourth-order valence-corrected chi connectivity index (χ4v) is 2.26. The summed E-state index contributed by atoms with van der Waals surface area (Å²) in [4.78, 5) is 23.4. The standard InChI is InChI=1S/C18H21NO4/c1-11(16(20)19-18(2,3)17(21)22)12-5-6-14-10-15(23-4)8-7-13(14)9-12/h5-11H,1-4H3,(H,19,20)(H,21,22)/t11-/m0/s1. The highest BCUT2D eigenvalue weighted by atomic mass is 16.5. The Morgan fingerprint density at radius 1 is 1.13 bits per heavy atom. The lowest BCUT2D eigenvalue weighted by molar-refractivity contribution is -0.146. The minimum absolute atomic E-state index is 0.315. The first-order valence-corrected chi connectivity index (χ1v) is 7.37. The van der Waals surface area contributed by atoms with E-state index in [-0.39, 0.29) is 5.91 Å². The van der Waals surface area contributed by atoms with Gasteiger partial charge >= 0.3 is 5.97 Å². The second-order valence-electron chi connectivity index (χ2n) is 6.11. The number of fused-ring (bicyclic) bond motifs is 1. The average Bonchev–Trinajstić information content (AvgIpc) is 2.52. The van der Waals surface area contributed by atoms with Crippen molar-refractivity contribution in [1.82, 2.24) is 5.32 Å². The first-order chi connectivity index (χ1) is 10.7. The zero-order chi connectivity index (χ0) is 17.2. The largest absolute Gasteiger partial charge is 0.497 e. The Morgan fingerprint density at radius 3 is 2.35 bits per heavy atom. The van der Waals surface area contributed by atoms with Crippen molar-refractivity contribution in [2.75, 3.05) is 7.11 Å². The van der Waals surface area contributed by atoms with Crippen LogP contribution in [-0.2, 0) is 9.59 Å². The van der Waals surface area contributed by atoms with E-state index in [2.05, 4.69) is 5.32 Å². The maximum Gasteiger partial charge on any atom is 0.328 e. The third kappa shape index (κ3) is 3.62. The molecule has 0 aliphatic heterocycles. The third-order valence-corrected chi connectivity index (χ3v) is 3.94. The number of carbonyl (C=O) groups excluding carboxylic acids is 1. The van der Waals surface area contributed by atoms with Crippen LogP contribution < -0.4 is 10.1 Å². The first-order valence-electron chi connectivity index (χ1n) is 7.37. The molecule has 23 heavy (non-hydrogen) atoms. The molecule has 1 amide bonds. The van der Waals surface area contributed by atoms with Crippen LogP contribution in [0.4, 0.5) is 0 Å². The molecule has 0 saturated heterocycles. The number of ether oxygens (including phenoxy) is 1. The van der Waals surface area contributed by atoms with Crippen LogP contribution in [0.2, 0.25) is 0 Å². The van der Waals surface area contributed by atoms with Crippen LogP contribution in [0.25, 0.3) is 10.8 Å². The molecular formula is C18H21NO4. The van der Waals surface area contributed by atoms with E-state index in [0.717, 1.165) is 22.1 Å². The number of rotatable bonds is 5. The smallest absolute Gasteiger partial charge is 0.328 e. The Hall–Kier alpha value is -2.56. The number of carboxylic acid groups (broad SMARTS) is 1. The predicted octanol–water partition coefficient (Wildman–Crippen LogP) is 2.93. The van der Waals surface area contributed by atoms with Gasteiger partial charge in [-0.3, -0.25) is 4.79 Å². The highest BCUT2D eigenvalue weighted by Crippen LogP contribution is 2.25. The maximum atomic E-state index is 12.3. The molecule has 2 aromatic carbocycles. The summed E-state index contributed by atoms with van der Waals surface area (Å²) >= 11 is 0. The van der Waals surface area contributed by atoms with Crippen molar-refractivity contribution in [3.63, 3.8) is 0 Å². The van der Waals surface area contributed by atoms with Crippen LogP contribution in [0, 0.1) is 0 Å². The molecule has 0 radical (unpaired) electrons. The highest BCUT2D eigenvalue weighted by molar-refractivity contribution is 5.91. The molecule has 0 saturated carbocycles. The zero-order valence-electron chi connectivity index (χ0n) is 13.7. The number of amides is 1. The second kappa shape index (κ2) is 6.28. The molecule has 5 heteroatoms. The van der Waals surface area contributed by atoms with Crippen LogP contribution in [0.1, 0.15) is 32.3 Å². The zero-order valence-corrected chi connectivity index (χ0v) is 13.7. The number of methoxy groups -OCH3 is 1. The van der Waals surface area contributed by atoms with E-state index >= 15 is 0 Å². The number of carbonyl (C=O) groups is 2. The van der Waals surface area contributed by atoms with Crippen LogP contribution in [0.3, 0.4) is 0 Å². The van der Waals surface area contributed by atoms with Gasteiger partial charge < -0.3 is 15.2 Å². The first kappa shape index (κ1) is 16.8. The Bertz CT molecular complexity index is 752. The number of aliphatic carboxylic acids is 1. The van der Waals surface area contributed by atoms with Crippen molar-refractivity contribution in [2.24, 2.45) is 0 Å². The summed E-state index contributed by atoms with van der Waals surface area (Å²) in [5.74, 6) is -1.05. The van der Waals surface area contributed by atoms with Gasteiger partial charge in [-0.2, -0.15) is 0 Å². The van der Waals surface area contributed by atoms with Crippen LogP contribution in [0.5, 0.6) is 5.75 Å². The van der Waals surface area contributed by atoms with E-state index in [9.17, 15) is 9.59 Å². The van der Waals surface area contributed by atoms with Gasteiger partial charge in [0.05, 0.1) is 13.0 Å². The van der Waals surface area contributed by atoms with Gasteiger partial charge in [0.15, 0.2) is 0 Å². The normalized spacial score (nSPS) is 12.7. The van der Waals surface area contributed by atoms with Gasteiger partial charge in [-0.1, -0.05) is 24.3 Å². The molecule has 122 valence electrons. The molecule has 0 bridgehead atoms. The summed E-state index contributed by atoms with van der Waals surface area (Å²) in [5.41, 5.74) is -0.461. The van der Waals surface area contributed by atoms with E-state index in [1.54, 1.807) is 14.0 Å². The molecule has 2 N–H and O–H groups in total. The molecule has 0 aliphatic carbocycles. The van der Waals surface area contributed by atoms with E-state index in [4.69, 9.17) is 9.84 Å². The molecule has 5 nitrogen and oxygen atoms in total. The van der Waals surface area contributed by atoms with Crippen LogP contribution >= 0.6 is 0 Å². The van der Waals surface area contributed by atoms with Crippen molar-refractivity contribution in [3.05, 3.63) is 42.0 Å². The predicted molar refractivity (Wildman–Crippen MR) is 88.8 cm³/mol. The monoisotopic (exact) mass is 315 g/mol. The van der Waals surface area contributed by atoms with Gasteiger partial charge in [-0.15, -0.1) is 0 Å². The van der Waals surface area contributed by atoms with Gasteiger partial charge in [0, 0.05) is 0 Å². The summed E-state index contributed by atoms with van der Waals surface area (Å²) in [5, 5.41) is 13.7. The van der Waals surface area contributed by atoms with Crippen molar-refractivity contribution < 1.29 is 19.4 Å². The summed E-state index contributed by atoms with van der Waals surface area (Å²) in [6, 6.07) is 11.5. The lowest BCUT2D eigenvalue weighted by Crippen LogP contribution is -2.50. The van der Waals surface area contributed by atoms with E-state index < -0.39 is 17.4 Å². The lowest BCUT2D eigenvalue weighted by Gasteiger charge is -2.23. The summed E-state index contributed by atoms with van der Waals surface area (Å²) < 4.78 is 5.20. The molecule has 0 fully saturated rings. The van der Waals surface area contributed by atoms with Gasteiger partial charge in [-0.25, -0.2) is 4.79 Å². The summed E-state index contributed by atoms with van der Waals surface area (Å²) in [6.45, 7) is 4.69. The molecule has 0 spiro atoms. The maximum absolute atomic E-state index is 12.3. The quantitative estimate of drug-likeness (QED) is 0.889.